The van der Waals surface area contributed by atoms with Gasteiger partial charge in [-0.25, -0.2) is 0 Å². The summed E-state index contributed by atoms with van der Waals surface area (Å²) >= 11 is 0. The lowest BCUT2D eigenvalue weighted by molar-refractivity contribution is -0.124. The van der Waals surface area contributed by atoms with E-state index in [1.807, 2.05) is 13.8 Å². The van der Waals surface area contributed by atoms with Crippen molar-refractivity contribution in [2.24, 2.45) is 11.3 Å². The van der Waals surface area contributed by atoms with Crippen LogP contribution < -0.4 is 5.32 Å². The van der Waals surface area contributed by atoms with E-state index in [9.17, 15) is 4.79 Å². The number of rotatable bonds is 6. The summed E-state index contributed by atoms with van der Waals surface area (Å²) < 4.78 is 6.04. The molecule has 1 N–H and O–H groups in total. The third-order valence-corrected chi connectivity index (χ3v) is 5.82. The van der Waals surface area contributed by atoms with Gasteiger partial charge < -0.3 is 10.1 Å². The first-order valence-corrected chi connectivity index (χ1v) is 9.66. The molecule has 4 heteroatoms. The summed E-state index contributed by atoms with van der Waals surface area (Å²) in [5.41, 5.74) is 2.89. The number of ether oxygens (including phenoxy) is 1. The Morgan fingerprint density at radius 3 is 2.84 bits per heavy atom. The van der Waals surface area contributed by atoms with Gasteiger partial charge >= 0.3 is 0 Å². The molecule has 0 bridgehead atoms. The van der Waals surface area contributed by atoms with Gasteiger partial charge in [-0.2, -0.15) is 0 Å². The lowest BCUT2D eigenvalue weighted by atomic mass is 9.74. The molecule has 0 radical (unpaired) electrons. The molecule has 2 aliphatic rings. The van der Waals surface area contributed by atoms with Gasteiger partial charge in [-0.15, -0.1) is 0 Å². The molecule has 0 spiro atoms. The zero-order valence-electron chi connectivity index (χ0n) is 15.9. The summed E-state index contributed by atoms with van der Waals surface area (Å²) in [6.07, 6.45) is 3.59. The molecule has 2 atom stereocenters. The molecule has 1 amide bonds. The lowest BCUT2D eigenvalue weighted by Crippen LogP contribution is -2.50. The van der Waals surface area contributed by atoms with Crippen LogP contribution in [0.25, 0.3) is 0 Å². The Labute approximate surface area is 151 Å². The number of carbonyl (C=O) groups is 1. The van der Waals surface area contributed by atoms with E-state index in [1.165, 1.54) is 11.1 Å². The number of benzene rings is 1. The van der Waals surface area contributed by atoms with Crippen LogP contribution in [-0.4, -0.2) is 43.2 Å². The summed E-state index contributed by atoms with van der Waals surface area (Å²) in [5.74, 6) is 0.205. The van der Waals surface area contributed by atoms with E-state index in [4.69, 9.17) is 4.74 Å². The third kappa shape index (κ3) is 4.42. The molecule has 2 heterocycles. The average molecular weight is 344 g/mol. The minimum absolute atomic E-state index is 0.0533. The SMILES string of the molecule is Cc1ccc(CN2CC[C@H]3OCC[C@@]3(CCNC(=O)C(C)C)C2)cc1. The van der Waals surface area contributed by atoms with Crippen LogP contribution in [-0.2, 0) is 16.1 Å². The number of likely N-dealkylation sites (tertiary alicyclic amines) is 1. The topological polar surface area (TPSA) is 41.6 Å². The number of nitrogens with zero attached hydrogens (tertiary/aromatic N) is 1. The maximum atomic E-state index is 11.9. The van der Waals surface area contributed by atoms with E-state index < -0.39 is 0 Å². The number of hydrogen-bond donors (Lipinski definition) is 1. The van der Waals surface area contributed by atoms with Gasteiger partial charge in [0, 0.05) is 44.1 Å². The van der Waals surface area contributed by atoms with Crippen molar-refractivity contribution in [3.05, 3.63) is 35.4 Å². The molecule has 25 heavy (non-hydrogen) atoms. The van der Waals surface area contributed by atoms with Crippen molar-refractivity contribution in [2.45, 2.75) is 52.7 Å². The Hall–Kier alpha value is -1.39. The van der Waals surface area contributed by atoms with Crippen LogP contribution in [0.3, 0.4) is 0 Å². The van der Waals surface area contributed by atoms with Crippen molar-refractivity contribution in [1.29, 1.82) is 0 Å². The van der Waals surface area contributed by atoms with Crippen LogP contribution in [0.4, 0.5) is 0 Å². The number of amides is 1. The number of piperidine rings is 1. The molecule has 0 unspecified atom stereocenters. The fraction of sp³-hybridized carbons (Fsp3) is 0.667. The van der Waals surface area contributed by atoms with Gasteiger partial charge in [-0.05, 0) is 31.7 Å². The van der Waals surface area contributed by atoms with Crippen molar-refractivity contribution < 1.29 is 9.53 Å². The highest BCUT2D eigenvalue weighted by Gasteiger charge is 2.47. The van der Waals surface area contributed by atoms with Crippen molar-refractivity contribution >= 4 is 5.91 Å². The average Bonchev–Trinajstić information content (AvgIpc) is 3.00. The van der Waals surface area contributed by atoms with Crippen molar-refractivity contribution in [3.63, 3.8) is 0 Å². The van der Waals surface area contributed by atoms with E-state index in [0.29, 0.717) is 6.10 Å². The molecule has 2 aliphatic heterocycles. The fourth-order valence-electron chi connectivity index (χ4n) is 4.23. The molecule has 2 fully saturated rings. The standard InChI is InChI=1S/C21H32N2O2/c1-16(2)20(24)22-11-9-21-10-13-25-19(21)8-12-23(15-21)14-18-6-4-17(3)5-7-18/h4-7,16,19H,8-15H2,1-3H3,(H,22,24)/t19-,21+/m1/s1. The maximum Gasteiger partial charge on any atom is 0.222 e. The van der Waals surface area contributed by atoms with Gasteiger partial charge in [0.25, 0.3) is 0 Å². The molecule has 1 aromatic carbocycles. The molecule has 3 rings (SSSR count). The second-order valence-electron chi connectivity index (χ2n) is 8.15. The minimum atomic E-state index is 0.0533. The first-order chi connectivity index (χ1) is 12.0. The minimum Gasteiger partial charge on any atom is -0.378 e. The van der Waals surface area contributed by atoms with Crippen LogP contribution in [0.2, 0.25) is 0 Å². The van der Waals surface area contributed by atoms with Crippen LogP contribution in [0.1, 0.15) is 44.2 Å². The molecule has 0 aliphatic carbocycles. The summed E-state index contributed by atoms with van der Waals surface area (Å²) in [7, 11) is 0. The molecule has 0 saturated carbocycles. The van der Waals surface area contributed by atoms with Crippen LogP contribution in [0, 0.1) is 18.3 Å². The van der Waals surface area contributed by atoms with Gasteiger partial charge in [-0.3, -0.25) is 9.69 Å². The molecular weight excluding hydrogens is 312 g/mol. The van der Waals surface area contributed by atoms with Gasteiger partial charge in [0.2, 0.25) is 5.91 Å². The third-order valence-electron chi connectivity index (χ3n) is 5.82. The highest BCUT2D eigenvalue weighted by molar-refractivity contribution is 5.77. The smallest absolute Gasteiger partial charge is 0.222 e. The Kier molecular flexibility index (Phi) is 5.80. The molecular formula is C21H32N2O2. The van der Waals surface area contributed by atoms with Crippen LogP contribution in [0.15, 0.2) is 24.3 Å². The molecule has 1 aromatic rings. The van der Waals surface area contributed by atoms with Crippen molar-refractivity contribution in [1.82, 2.24) is 10.2 Å². The number of aryl methyl sites for hydroxylation is 1. The summed E-state index contributed by atoms with van der Waals surface area (Å²) in [5, 5.41) is 3.09. The summed E-state index contributed by atoms with van der Waals surface area (Å²) in [4.78, 5) is 14.4. The monoisotopic (exact) mass is 344 g/mol. The normalized spacial score (nSPS) is 26.6. The second-order valence-corrected chi connectivity index (χ2v) is 8.15. The Morgan fingerprint density at radius 1 is 1.36 bits per heavy atom. The zero-order chi connectivity index (χ0) is 17.9. The first-order valence-electron chi connectivity index (χ1n) is 9.66. The lowest BCUT2D eigenvalue weighted by Gasteiger charge is -2.44. The zero-order valence-corrected chi connectivity index (χ0v) is 15.9. The van der Waals surface area contributed by atoms with E-state index in [2.05, 4.69) is 41.4 Å². The quantitative estimate of drug-likeness (QED) is 0.862. The van der Waals surface area contributed by atoms with Crippen LogP contribution >= 0.6 is 0 Å². The van der Waals surface area contributed by atoms with E-state index >= 15 is 0 Å². The largest absolute Gasteiger partial charge is 0.378 e. The van der Waals surface area contributed by atoms with Gasteiger partial charge in [0.05, 0.1) is 6.10 Å². The molecule has 2 saturated heterocycles. The second kappa shape index (κ2) is 7.88. The summed E-state index contributed by atoms with van der Waals surface area (Å²) in [6.45, 7) is 10.8. The van der Waals surface area contributed by atoms with Crippen LogP contribution in [0.5, 0.6) is 0 Å². The van der Waals surface area contributed by atoms with Crippen molar-refractivity contribution in [3.8, 4) is 0 Å². The van der Waals surface area contributed by atoms with E-state index in [-0.39, 0.29) is 17.2 Å². The Balaban J connectivity index is 1.60. The number of carbonyl (C=O) groups excluding carboxylic acids is 1. The van der Waals surface area contributed by atoms with E-state index in [0.717, 1.165) is 52.0 Å². The van der Waals surface area contributed by atoms with E-state index in [1.54, 1.807) is 0 Å². The van der Waals surface area contributed by atoms with Crippen molar-refractivity contribution in [2.75, 3.05) is 26.2 Å². The maximum absolute atomic E-state index is 11.9. The van der Waals surface area contributed by atoms with Gasteiger partial charge in [0.15, 0.2) is 0 Å². The number of hydrogen-bond acceptors (Lipinski definition) is 3. The predicted octanol–water partition coefficient (Wildman–Crippen LogP) is 3.14. The Bertz CT molecular complexity index is 584. The Morgan fingerprint density at radius 2 is 2.12 bits per heavy atom. The predicted molar refractivity (Wildman–Crippen MR) is 100 cm³/mol. The molecule has 4 nitrogen and oxygen atoms in total. The number of fused-ring (bicyclic) bond motifs is 1. The molecule has 0 aromatic heterocycles. The highest BCUT2D eigenvalue weighted by atomic mass is 16.5. The number of nitrogens with one attached hydrogen (secondary N) is 1. The van der Waals surface area contributed by atoms with Gasteiger partial charge in [-0.1, -0.05) is 43.7 Å². The van der Waals surface area contributed by atoms with Gasteiger partial charge in [0.1, 0.15) is 0 Å². The highest BCUT2D eigenvalue weighted by Crippen LogP contribution is 2.43. The first kappa shape index (κ1) is 18.4. The fourth-order valence-corrected chi connectivity index (χ4v) is 4.23. The molecule has 138 valence electrons. The summed E-state index contributed by atoms with van der Waals surface area (Å²) in [6, 6.07) is 8.86.